The molecule has 0 saturated heterocycles. The van der Waals surface area contributed by atoms with Crippen LogP contribution in [0.2, 0.25) is 0 Å². The maximum absolute atomic E-state index is 12.3. The minimum absolute atomic E-state index is 0.00272. The van der Waals surface area contributed by atoms with Crippen LogP contribution in [0, 0.1) is 11.3 Å². The summed E-state index contributed by atoms with van der Waals surface area (Å²) < 4.78 is 7.84. The molecule has 0 aliphatic heterocycles. The minimum atomic E-state index is -0.471. The van der Waals surface area contributed by atoms with Gasteiger partial charge in [-0.2, -0.15) is 5.26 Å². The second-order valence-corrected chi connectivity index (χ2v) is 7.51. The van der Waals surface area contributed by atoms with Gasteiger partial charge in [-0.05, 0) is 80.8 Å². The molecule has 0 saturated carbocycles. The number of nitrogens with zero attached hydrogens (tertiary/aromatic N) is 1. The quantitative estimate of drug-likeness (QED) is 0.387. The number of ether oxygens (including phenoxy) is 1. The number of hydrogen-bond donors (Lipinski definition) is 1. The summed E-state index contributed by atoms with van der Waals surface area (Å²) in [5, 5.41) is 12.0. The van der Waals surface area contributed by atoms with E-state index in [1.165, 1.54) is 6.08 Å². The summed E-state index contributed by atoms with van der Waals surface area (Å²) >= 11 is 10.2. The summed E-state index contributed by atoms with van der Waals surface area (Å²) in [6.07, 6.45) is 1.53. The third-order valence-corrected chi connectivity index (χ3v) is 4.74. The van der Waals surface area contributed by atoms with Gasteiger partial charge in [0, 0.05) is 10.2 Å². The summed E-state index contributed by atoms with van der Waals surface area (Å²) in [6.45, 7) is 2.43. The first kappa shape index (κ1) is 19.7. The van der Waals surface area contributed by atoms with E-state index in [0.29, 0.717) is 23.6 Å². The molecule has 2 aromatic carbocycles. The number of carbonyl (C=O) groups is 1. The van der Waals surface area contributed by atoms with Crippen LogP contribution in [-0.4, -0.2) is 12.5 Å². The Balaban J connectivity index is 2.28. The summed E-state index contributed by atoms with van der Waals surface area (Å²) in [6, 6.07) is 12.7. The summed E-state index contributed by atoms with van der Waals surface area (Å²) in [5.41, 5.74) is 1.31. The topological polar surface area (TPSA) is 62.1 Å². The Morgan fingerprint density at radius 1 is 1.24 bits per heavy atom. The molecule has 0 radical (unpaired) electrons. The Hall–Kier alpha value is -1.62. The Labute approximate surface area is 171 Å². The molecule has 0 heterocycles. The van der Waals surface area contributed by atoms with Crippen LogP contribution in [0.4, 0.5) is 5.69 Å². The molecule has 7 heteroatoms. The fraction of sp³-hybridized carbons (Fsp3) is 0.111. The Morgan fingerprint density at radius 3 is 2.48 bits per heavy atom. The molecule has 1 N–H and O–H groups in total. The molecule has 0 aliphatic rings. The number of nitrogens with one attached hydrogen (secondary N) is 1. The standard InChI is InChI=1S/C18H13Br3N2O2/c1-2-25-17-15(20)7-11(8-16(17)21)6-12(10-22)18(24)23-14-5-3-4-13(19)9-14/h3-9H,2H2,1H3,(H,23,24)/b12-6-. The zero-order chi connectivity index (χ0) is 18.4. The van der Waals surface area contributed by atoms with E-state index in [0.717, 1.165) is 13.4 Å². The van der Waals surface area contributed by atoms with Crippen molar-refractivity contribution in [3.63, 3.8) is 0 Å². The SMILES string of the molecule is CCOc1c(Br)cc(/C=C(/C#N)C(=O)Nc2cccc(Br)c2)cc1Br. The van der Waals surface area contributed by atoms with Gasteiger partial charge in [-0.1, -0.05) is 22.0 Å². The molecule has 1 amide bonds. The molecule has 25 heavy (non-hydrogen) atoms. The first-order chi connectivity index (χ1) is 11.9. The maximum atomic E-state index is 12.3. The molecule has 0 bridgehead atoms. The molecule has 2 aromatic rings. The van der Waals surface area contributed by atoms with E-state index in [9.17, 15) is 10.1 Å². The second kappa shape index (κ2) is 9.18. The maximum Gasteiger partial charge on any atom is 0.266 e. The van der Waals surface area contributed by atoms with Crippen molar-refractivity contribution in [3.8, 4) is 11.8 Å². The van der Waals surface area contributed by atoms with Gasteiger partial charge in [0.1, 0.15) is 17.4 Å². The Kier molecular flexibility index (Phi) is 7.24. The lowest BCUT2D eigenvalue weighted by Crippen LogP contribution is -2.13. The van der Waals surface area contributed by atoms with E-state index in [2.05, 4.69) is 53.1 Å². The van der Waals surface area contributed by atoms with Gasteiger partial charge in [0.25, 0.3) is 5.91 Å². The highest BCUT2D eigenvalue weighted by Gasteiger charge is 2.12. The predicted octanol–water partition coefficient (Wildman–Crippen LogP) is 5.92. The van der Waals surface area contributed by atoms with Crippen LogP contribution < -0.4 is 10.1 Å². The number of rotatable bonds is 5. The number of carbonyl (C=O) groups excluding carboxylic acids is 1. The molecule has 0 atom stereocenters. The van der Waals surface area contributed by atoms with Crippen LogP contribution in [0.25, 0.3) is 6.08 Å². The van der Waals surface area contributed by atoms with E-state index in [1.807, 2.05) is 19.1 Å². The van der Waals surface area contributed by atoms with E-state index in [4.69, 9.17) is 4.74 Å². The zero-order valence-electron chi connectivity index (χ0n) is 13.1. The van der Waals surface area contributed by atoms with Crippen LogP contribution in [-0.2, 0) is 4.79 Å². The largest absolute Gasteiger partial charge is 0.492 e. The first-order valence-corrected chi connectivity index (χ1v) is 9.63. The minimum Gasteiger partial charge on any atom is -0.492 e. The molecule has 4 nitrogen and oxygen atoms in total. The number of halogens is 3. The van der Waals surface area contributed by atoms with E-state index < -0.39 is 5.91 Å². The molecule has 0 unspecified atom stereocenters. The van der Waals surface area contributed by atoms with Crippen molar-refractivity contribution in [2.75, 3.05) is 11.9 Å². The molecular weight excluding hydrogens is 516 g/mol. The van der Waals surface area contributed by atoms with Gasteiger partial charge in [-0.25, -0.2) is 0 Å². The van der Waals surface area contributed by atoms with Gasteiger partial charge in [-0.15, -0.1) is 0 Å². The van der Waals surface area contributed by atoms with Gasteiger partial charge in [0.05, 0.1) is 15.6 Å². The first-order valence-electron chi connectivity index (χ1n) is 7.25. The van der Waals surface area contributed by atoms with Crippen molar-refractivity contribution in [1.29, 1.82) is 5.26 Å². The number of benzene rings is 2. The molecule has 0 fully saturated rings. The summed E-state index contributed by atoms with van der Waals surface area (Å²) in [5.74, 6) is 0.207. The van der Waals surface area contributed by atoms with Gasteiger partial charge in [0.15, 0.2) is 0 Å². The molecule has 0 aliphatic carbocycles. The smallest absolute Gasteiger partial charge is 0.266 e. The van der Waals surface area contributed by atoms with Crippen molar-refractivity contribution in [3.05, 3.63) is 61.0 Å². The van der Waals surface area contributed by atoms with Crippen molar-refractivity contribution in [1.82, 2.24) is 0 Å². The van der Waals surface area contributed by atoms with Crippen LogP contribution in [0.3, 0.4) is 0 Å². The highest BCUT2D eigenvalue weighted by Crippen LogP contribution is 2.35. The predicted molar refractivity (Wildman–Crippen MR) is 109 cm³/mol. The van der Waals surface area contributed by atoms with Crippen molar-refractivity contribution < 1.29 is 9.53 Å². The number of hydrogen-bond acceptors (Lipinski definition) is 3. The fourth-order valence-corrected chi connectivity index (χ4v) is 3.88. The van der Waals surface area contributed by atoms with Crippen LogP contribution in [0.5, 0.6) is 5.75 Å². The van der Waals surface area contributed by atoms with E-state index >= 15 is 0 Å². The van der Waals surface area contributed by atoms with E-state index in [-0.39, 0.29) is 5.57 Å². The lowest BCUT2D eigenvalue weighted by Gasteiger charge is -2.10. The van der Waals surface area contributed by atoms with Crippen LogP contribution in [0.15, 0.2) is 55.4 Å². The lowest BCUT2D eigenvalue weighted by atomic mass is 10.1. The Morgan fingerprint density at radius 2 is 1.92 bits per heavy atom. The fourth-order valence-electron chi connectivity index (χ4n) is 2.02. The van der Waals surface area contributed by atoms with E-state index in [1.54, 1.807) is 30.3 Å². The summed E-state index contributed by atoms with van der Waals surface area (Å²) in [4.78, 5) is 12.3. The molecule has 2 rings (SSSR count). The van der Waals surface area contributed by atoms with Crippen molar-refractivity contribution in [2.24, 2.45) is 0 Å². The second-order valence-electron chi connectivity index (χ2n) is 4.88. The van der Waals surface area contributed by atoms with Gasteiger partial charge >= 0.3 is 0 Å². The normalized spacial score (nSPS) is 10.9. The zero-order valence-corrected chi connectivity index (χ0v) is 17.9. The molecule has 0 aromatic heterocycles. The number of nitriles is 1. The summed E-state index contributed by atoms with van der Waals surface area (Å²) in [7, 11) is 0. The van der Waals surface area contributed by atoms with Crippen molar-refractivity contribution in [2.45, 2.75) is 6.92 Å². The number of amides is 1. The van der Waals surface area contributed by atoms with Gasteiger partial charge in [-0.3, -0.25) is 4.79 Å². The van der Waals surface area contributed by atoms with Crippen molar-refractivity contribution >= 4 is 65.5 Å². The molecule has 0 spiro atoms. The number of anilines is 1. The monoisotopic (exact) mass is 526 g/mol. The molecular formula is C18H13Br3N2O2. The lowest BCUT2D eigenvalue weighted by molar-refractivity contribution is -0.112. The third-order valence-electron chi connectivity index (χ3n) is 3.07. The Bertz CT molecular complexity index is 850. The molecule has 128 valence electrons. The highest BCUT2D eigenvalue weighted by atomic mass is 79.9. The van der Waals surface area contributed by atoms with Gasteiger partial charge < -0.3 is 10.1 Å². The average Bonchev–Trinajstić information content (AvgIpc) is 2.56. The van der Waals surface area contributed by atoms with Crippen LogP contribution >= 0.6 is 47.8 Å². The van der Waals surface area contributed by atoms with Crippen LogP contribution in [0.1, 0.15) is 12.5 Å². The third kappa shape index (κ3) is 5.43. The average molecular weight is 529 g/mol. The van der Waals surface area contributed by atoms with Gasteiger partial charge in [0.2, 0.25) is 0 Å². The highest BCUT2D eigenvalue weighted by molar-refractivity contribution is 9.11.